The second kappa shape index (κ2) is 12.0. The van der Waals surface area contributed by atoms with Crippen molar-refractivity contribution in [1.82, 2.24) is 0 Å². The molecule has 4 rings (SSSR count). The number of hydrogen-bond acceptors (Lipinski definition) is 3. The molecule has 0 radical (unpaired) electrons. The van der Waals surface area contributed by atoms with E-state index in [0.29, 0.717) is 25.7 Å². The summed E-state index contributed by atoms with van der Waals surface area (Å²) in [5.41, 5.74) is -2.72. The number of carbonyl (C=O) groups excluding carboxylic acids is 2. The molecule has 2 aromatic carbocycles. The molecular formula is C27H24F6N4O3. The van der Waals surface area contributed by atoms with Crippen LogP contribution < -0.4 is 9.80 Å². The smallest absolute Gasteiger partial charge is 0.394 e. The Hall–Kier alpha value is -4.10. The number of anilines is 2. The van der Waals surface area contributed by atoms with Gasteiger partial charge < -0.3 is 14.9 Å². The lowest BCUT2D eigenvalue weighted by atomic mass is 10.1. The first-order valence-electron chi connectivity index (χ1n) is 12.2. The Labute approximate surface area is 226 Å². The SMILES string of the molecule is [C-]#[N+]c1ccc(N2C(=O)CC[C@@H]2CC)cc1C(F)(F)F.[C-]#[N+]c1ccc(N2C(=O)CC[C@@H]2CO)cc1C(F)(F)F. The molecule has 2 aliphatic rings. The summed E-state index contributed by atoms with van der Waals surface area (Å²) in [5, 5.41) is 9.18. The minimum absolute atomic E-state index is 0.0614. The van der Waals surface area contributed by atoms with Crippen molar-refractivity contribution in [3.05, 3.63) is 70.4 Å². The summed E-state index contributed by atoms with van der Waals surface area (Å²) in [6, 6.07) is 6.00. The molecule has 0 spiro atoms. The lowest BCUT2D eigenvalue weighted by Crippen LogP contribution is -2.35. The fourth-order valence-electron chi connectivity index (χ4n) is 4.75. The van der Waals surface area contributed by atoms with Gasteiger partial charge in [0.2, 0.25) is 11.8 Å². The van der Waals surface area contributed by atoms with Crippen LogP contribution in [-0.2, 0) is 21.9 Å². The third-order valence-electron chi connectivity index (χ3n) is 6.70. The Bertz CT molecular complexity index is 1260. The van der Waals surface area contributed by atoms with E-state index in [-0.39, 0.29) is 42.3 Å². The van der Waals surface area contributed by atoms with Gasteiger partial charge in [-0.1, -0.05) is 19.1 Å². The van der Waals surface area contributed by atoms with Crippen molar-refractivity contribution in [2.24, 2.45) is 0 Å². The zero-order valence-electron chi connectivity index (χ0n) is 21.2. The molecule has 0 aromatic heterocycles. The van der Waals surface area contributed by atoms with Gasteiger partial charge in [0.05, 0.1) is 36.9 Å². The summed E-state index contributed by atoms with van der Waals surface area (Å²) in [5.74, 6) is -0.492. The van der Waals surface area contributed by atoms with Crippen LogP contribution in [0.15, 0.2) is 36.4 Å². The number of carbonyl (C=O) groups is 2. The average Bonchev–Trinajstić information content (AvgIpc) is 3.48. The van der Waals surface area contributed by atoms with Crippen LogP contribution >= 0.6 is 0 Å². The van der Waals surface area contributed by atoms with E-state index in [1.165, 1.54) is 21.9 Å². The molecule has 2 aromatic rings. The standard InChI is InChI=1S/C14H13F3N2O.C13H11F3N2O2/c1-3-9-5-7-13(20)19(9)10-4-6-12(18-2)11(8-10)14(15,16)17;1-17-11-4-2-8(6-10(11)13(14,15)16)18-9(7-19)3-5-12(18)20/h4,6,8-9H,3,5,7H2,1H3;2,4,6,9,19H,3,5,7H2/t2*9-/m01/s1. The zero-order valence-corrected chi connectivity index (χ0v) is 21.2. The second-order valence-corrected chi connectivity index (χ2v) is 9.13. The third kappa shape index (κ3) is 6.37. The van der Waals surface area contributed by atoms with Crippen molar-refractivity contribution in [1.29, 1.82) is 0 Å². The van der Waals surface area contributed by atoms with E-state index in [2.05, 4.69) is 9.69 Å². The van der Waals surface area contributed by atoms with Gasteiger partial charge in [-0.15, -0.1) is 0 Å². The Balaban J connectivity index is 0.000000220. The maximum atomic E-state index is 12.9. The van der Waals surface area contributed by atoms with Crippen molar-refractivity contribution in [3.8, 4) is 0 Å². The lowest BCUT2D eigenvalue weighted by Gasteiger charge is -2.25. The van der Waals surface area contributed by atoms with Crippen LogP contribution in [0.25, 0.3) is 9.69 Å². The molecule has 2 amide bonds. The molecule has 2 saturated heterocycles. The summed E-state index contributed by atoms with van der Waals surface area (Å²) >= 11 is 0. The topological polar surface area (TPSA) is 69.6 Å². The van der Waals surface area contributed by atoms with Gasteiger partial charge in [0.25, 0.3) is 0 Å². The number of benzene rings is 2. The molecule has 2 fully saturated rings. The van der Waals surface area contributed by atoms with Crippen molar-refractivity contribution in [2.75, 3.05) is 16.4 Å². The fraction of sp³-hybridized carbons (Fsp3) is 0.407. The van der Waals surface area contributed by atoms with Crippen LogP contribution in [0.4, 0.5) is 49.1 Å². The van der Waals surface area contributed by atoms with E-state index in [9.17, 15) is 41.0 Å². The minimum atomic E-state index is -4.66. The van der Waals surface area contributed by atoms with Crippen molar-refractivity contribution < 1.29 is 41.0 Å². The zero-order chi connectivity index (χ0) is 29.8. The second-order valence-electron chi connectivity index (χ2n) is 9.13. The molecule has 2 aliphatic heterocycles. The van der Waals surface area contributed by atoms with E-state index in [4.69, 9.17) is 13.1 Å². The highest BCUT2D eigenvalue weighted by atomic mass is 19.4. The van der Waals surface area contributed by atoms with Crippen LogP contribution in [0.3, 0.4) is 0 Å². The summed E-state index contributed by atoms with van der Waals surface area (Å²) in [6.07, 6.45) is -6.96. The fourth-order valence-corrected chi connectivity index (χ4v) is 4.75. The molecular weight excluding hydrogens is 542 g/mol. The predicted molar refractivity (Wildman–Crippen MR) is 134 cm³/mol. The van der Waals surface area contributed by atoms with E-state index < -0.39 is 40.9 Å². The van der Waals surface area contributed by atoms with E-state index in [1.807, 2.05) is 6.92 Å². The van der Waals surface area contributed by atoms with E-state index in [1.54, 1.807) is 0 Å². The van der Waals surface area contributed by atoms with Gasteiger partial charge in [-0.3, -0.25) is 9.59 Å². The highest BCUT2D eigenvalue weighted by Gasteiger charge is 2.38. The van der Waals surface area contributed by atoms with Gasteiger partial charge in [0, 0.05) is 30.3 Å². The maximum absolute atomic E-state index is 12.9. The highest BCUT2D eigenvalue weighted by molar-refractivity contribution is 5.97. The van der Waals surface area contributed by atoms with Gasteiger partial charge >= 0.3 is 12.4 Å². The predicted octanol–water partition coefficient (Wildman–Crippen LogP) is 6.91. The largest absolute Gasteiger partial charge is 0.407 e. The number of rotatable bonds is 4. The molecule has 212 valence electrons. The summed E-state index contributed by atoms with van der Waals surface area (Å²) < 4.78 is 77.4. The van der Waals surface area contributed by atoms with Gasteiger partial charge in [-0.05, 0) is 43.5 Å². The molecule has 0 bridgehead atoms. The van der Waals surface area contributed by atoms with Crippen molar-refractivity contribution >= 4 is 34.6 Å². The van der Waals surface area contributed by atoms with Crippen LogP contribution in [0.2, 0.25) is 0 Å². The van der Waals surface area contributed by atoms with Gasteiger partial charge in [-0.25, -0.2) is 9.69 Å². The first-order chi connectivity index (χ1) is 18.8. The van der Waals surface area contributed by atoms with Crippen molar-refractivity contribution in [3.63, 3.8) is 0 Å². The van der Waals surface area contributed by atoms with Crippen LogP contribution in [0, 0.1) is 13.1 Å². The molecule has 0 aliphatic carbocycles. The number of aliphatic hydroxyl groups is 1. The molecule has 1 N–H and O–H groups in total. The minimum Gasteiger partial charge on any atom is -0.394 e. The molecule has 0 unspecified atom stereocenters. The Morgan fingerprint density at radius 1 is 0.800 bits per heavy atom. The number of nitrogens with zero attached hydrogens (tertiary/aromatic N) is 4. The lowest BCUT2D eigenvalue weighted by molar-refractivity contribution is -0.137. The monoisotopic (exact) mass is 566 g/mol. The maximum Gasteiger partial charge on any atom is 0.407 e. The molecule has 7 nitrogen and oxygen atoms in total. The van der Waals surface area contributed by atoms with Gasteiger partial charge in [0.15, 0.2) is 11.4 Å². The summed E-state index contributed by atoms with van der Waals surface area (Å²) in [6.45, 7) is 15.2. The molecule has 2 heterocycles. The van der Waals surface area contributed by atoms with Gasteiger partial charge in [0.1, 0.15) is 0 Å². The Kier molecular flexibility index (Phi) is 9.10. The van der Waals surface area contributed by atoms with Crippen LogP contribution in [0.1, 0.15) is 50.2 Å². The third-order valence-corrected chi connectivity index (χ3v) is 6.70. The number of hydrogen-bond donors (Lipinski definition) is 1. The summed E-state index contributed by atoms with van der Waals surface area (Å²) in [7, 11) is 0. The number of amides is 2. The van der Waals surface area contributed by atoms with E-state index >= 15 is 0 Å². The average molecular weight is 567 g/mol. The van der Waals surface area contributed by atoms with Crippen LogP contribution in [-0.4, -0.2) is 35.6 Å². The Morgan fingerprint density at radius 2 is 1.20 bits per heavy atom. The first-order valence-corrected chi connectivity index (χ1v) is 12.2. The number of alkyl halides is 6. The van der Waals surface area contributed by atoms with Crippen LogP contribution in [0.5, 0.6) is 0 Å². The highest BCUT2D eigenvalue weighted by Crippen LogP contribution is 2.41. The molecule has 13 heteroatoms. The number of halogens is 6. The quantitative estimate of drug-likeness (QED) is 0.323. The van der Waals surface area contributed by atoms with Crippen molar-refractivity contribution in [2.45, 2.75) is 63.5 Å². The number of aliphatic hydroxyl groups excluding tert-OH is 1. The molecule has 40 heavy (non-hydrogen) atoms. The first kappa shape index (κ1) is 30.4. The molecule has 2 atom stereocenters. The summed E-state index contributed by atoms with van der Waals surface area (Å²) in [4.78, 5) is 31.9. The Morgan fingerprint density at radius 3 is 1.55 bits per heavy atom. The molecule has 0 saturated carbocycles. The van der Waals surface area contributed by atoms with Gasteiger partial charge in [-0.2, -0.15) is 26.3 Å². The normalized spacial score (nSPS) is 19.2. The van der Waals surface area contributed by atoms with E-state index in [0.717, 1.165) is 24.3 Å².